The van der Waals surface area contributed by atoms with Crippen LogP contribution < -0.4 is 5.32 Å². The van der Waals surface area contributed by atoms with E-state index in [2.05, 4.69) is 19.8 Å². The molecule has 2 aliphatic rings. The van der Waals surface area contributed by atoms with Crippen molar-refractivity contribution >= 4 is 5.91 Å². The molecule has 2 aliphatic heterocycles. The van der Waals surface area contributed by atoms with E-state index < -0.39 is 0 Å². The van der Waals surface area contributed by atoms with Gasteiger partial charge in [0, 0.05) is 32.0 Å². The molecule has 3 rings (SSSR count). The lowest BCUT2D eigenvalue weighted by Crippen LogP contribution is -2.59. The quantitative estimate of drug-likeness (QED) is 0.853. The van der Waals surface area contributed by atoms with E-state index in [4.69, 9.17) is 0 Å². The van der Waals surface area contributed by atoms with E-state index in [0.29, 0.717) is 0 Å². The summed E-state index contributed by atoms with van der Waals surface area (Å²) in [4.78, 5) is 18.6. The molecule has 1 aromatic heterocycles. The summed E-state index contributed by atoms with van der Waals surface area (Å²) in [5, 5.41) is 3.04. The molecule has 0 aromatic carbocycles. The predicted molar refractivity (Wildman–Crippen MR) is 68.0 cm³/mol. The maximum Gasteiger partial charge on any atom is 0.240 e. The Hall–Kier alpha value is -1.36. The number of carbonyl (C=O) groups excluding carboxylic acids is 1. The van der Waals surface area contributed by atoms with Gasteiger partial charge in [-0.3, -0.25) is 9.69 Å². The van der Waals surface area contributed by atoms with Crippen LogP contribution in [0.1, 0.15) is 25.7 Å². The maximum absolute atomic E-state index is 12.2. The zero-order valence-electron chi connectivity index (χ0n) is 10.6. The Bertz CT molecular complexity index is 417. The normalized spacial score (nSPS) is 28.8. The fourth-order valence-corrected chi connectivity index (χ4v) is 3.32. The van der Waals surface area contributed by atoms with Gasteiger partial charge >= 0.3 is 0 Å². The SMILES string of the molecule is O=C1NCCCC12CCCN2CCn1ccnc1. The van der Waals surface area contributed by atoms with Gasteiger partial charge in [-0.25, -0.2) is 4.98 Å². The largest absolute Gasteiger partial charge is 0.354 e. The van der Waals surface area contributed by atoms with E-state index in [1.54, 1.807) is 6.20 Å². The third kappa shape index (κ3) is 1.92. The average molecular weight is 248 g/mol. The second-order valence-electron chi connectivity index (χ2n) is 5.28. The van der Waals surface area contributed by atoms with Crippen LogP contribution >= 0.6 is 0 Å². The Balaban J connectivity index is 1.68. The van der Waals surface area contributed by atoms with Crippen LogP contribution in [0.5, 0.6) is 0 Å². The van der Waals surface area contributed by atoms with E-state index >= 15 is 0 Å². The van der Waals surface area contributed by atoms with Crippen molar-refractivity contribution in [3.63, 3.8) is 0 Å². The zero-order valence-corrected chi connectivity index (χ0v) is 10.6. The summed E-state index contributed by atoms with van der Waals surface area (Å²) in [6, 6.07) is 0. The number of amides is 1. The molecule has 1 amide bonds. The number of hydrogen-bond acceptors (Lipinski definition) is 3. The summed E-state index contributed by atoms with van der Waals surface area (Å²) in [6.07, 6.45) is 9.89. The van der Waals surface area contributed by atoms with Crippen molar-refractivity contribution in [2.45, 2.75) is 37.8 Å². The highest BCUT2D eigenvalue weighted by Gasteiger charge is 2.47. The van der Waals surface area contributed by atoms with E-state index in [0.717, 1.165) is 51.9 Å². The molecular formula is C13H20N4O. The maximum atomic E-state index is 12.2. The van der Waals surface area contributed by atoms with Crippen molar-refractivity contribution in [3.05, 3.63) is 18.7 Å². The number of nitrogens with zero attached hydrogens (tertiary/aromatic N) is 3. The lowest BCUT2D eigenvalue weighted by atomic mass is 9.86. The second kappa shape index (κ2) is 4.72. The fraction of sp³-hybridized carbons (Fsp3) is 0.692. The molecule has 5 nitrogen and oxygen atoms in total. The van der Waals surface area contributed by atoms with Crippen molar-refractivity contribution < 1.29 is 4.79 Å². The molecule has 1 aromatic rings. The van der Waals surface area contributed by atoms with Crippen LogP contribution in [-0.4, -0.2) is 45.5 Å². The van der Waals surface area contributed by atoms with E-state index in [-0.39, 0.29) is 11.4 Å². The molecule has 0 radical (unpaired) electrons. The Kier molecular flexibility index (Phi) is 3.07. The van der Waals surface area contributed by atoms with Crippen molar-refractivity contribution in [2.75, 3.05) is 19.6 Å². The third-order valence-electron chi connectivity index (χ3n) is 4.29. The number of rotatable bonds is 3. The smallest absolute Gasteiger partial charge is 0.240 e. The van der Waals surface area contributed by atoms with Crippen LogP contribution in [0.15, 0.2) is 18.7 Å². The standard InChI is InChI=1S/C13H20N4O/c18-12-13(3-1-5-15-12)4-2-7-17(13)10-9-16-8-6-14-11-16/h6,8,11H,1-5,7,9-10H2,(H,15,18). The highest BCUT2D eigenvalue weighted by molar-refractivity contribution is 5.87. The van der Waals surface area contributed by atoms with Gasteiger partial charge < -0.3 is 9.88 Å². The van der Waals surface area contributed by atoms with Crippen molar-refractivity contribution in [1.29, 1.82) is 0 Å². The first kappa shape index (κ1) is 11.7. The fourth-order valence-electron chi connectivity index (χ4n) is 3.32. The zero-order chi connectivity index (χ0) is 12.4. The highest BCUT2D eigenvalue weighted by Crippen LogP contribution is 2.35. The molecule has 98 valence electrons. The third-order valence-corrected chi connectivity index (χ3v) is 4.29. The van der Waals surface area contributed by atoms with E-state index in [1.807, 2.05) is 12.5 Å². The van der Waals surface area contributed by atoms with Crippen molar-refractivity contribution in [3.8, 4) is 0 Å². The van der Waals surface area contributed by atoms with Crippen molar-refractivity contribution in [2.24, 2.45) is 0 Å². The average Bonchev–Trinajstić information content (AvgIpc) is 3.01. The van der Waals surface area contributed by atoms with Crippen LogP contribution in [-0.2, 0) is 11.3 Å². The molecule has 1 atom stereocenters. The Morgan fingerprint density at radius 1 is 1.33 bits per heavy atom. The number of carbonyl (C=O) groups is 1. The Morgan fingerprint density at radius 2 is 2.22 bits per heavy atom. The molecule has 2 fully saturated rings. The number of piperidine rings is 1. The lowest BCUT2D eigenvalue weighted by Gasteiger charge is -2.40. The molecule has 0 bridgehead atoms. The number of aromatic nitrogens is 2. The summed E-state index contributed by atoms with van der Waals surface area (Å²) in [6.45, 7) is 3.73. The minimum atomic E-state index is -0.209. The molecule has 3 heterocycles. The van der Waals surface area contributed by atoms with E-state index in [9.17, 15) is 4.79 Å². The highest BCUT2D eigenvalue weighted by atomic mass is 16.2. The first-order valence-corrected chi connectivity index (χ1v) is 6.80. The molecule has 18 heavy (non-hydrogen) atoms. The van der Waals surface area contributed by atoms with Gasteiger partial charge in [0.05, 0.1) is 6.33 Å². The van der Waals surface area contributed by atoms with Crippen molar-refractivity contribution in [1.82, 2.24) is 19.8 Å². The molecule has 1 N–H and O–H groups in total. The summed E-state index contributed by atoms with van der Waals surface area (Å²) >= 11 is 0. The lowest BCUT2D eigenvalue weighted by molar-refractivity contribution is -0.134. The molecule has 5 heteroatoms. The number of nitrogens with one attached hydrogen (secondary N) is 1. The molecule has 2 saturated heterocycles. The summed E-state index contributed by atoms with van der Waals surface area (Å²) in [5.41, 5.74) is -0.209. The van der Waals surface area contributed by atoms with Gasteiger partial charge in [0.2, 0.25) is 5.91 Å². The van der Waals surface area contributed by atoms with Gasteiger partial charge in [0.15, 0.2) is 0 Å². The second-order valence-corrected chi connectivity index (χ2v) is 5.28. The molecular weight excluding hydrogens is 228 g/mol. The first-order chi connectivity index (χ1) is 8.81. The first-order valence-electron chi connectivity index (χ1n) is 6.80. The van der Waals surface area contributed by atoms with Crippen LogP contribution in [0.2, 0.25) is 0 Å². The number of hydrogen-bond donors (Lipinski definition) is 1. The topological polar surface area (TPSA) is 50.2 Å². The minimum Gasteiger partial charge on any atom is -0.354 e. The molecule has 0 aliphatic carbocycles. The van der Waals surface area contributed by atoms with Gasteiger partial charge in [-0.15, -0.1) is 0 Å². The van der Waals surface area contributed by atoms with E-state index in [1.165, 1.54) is 0 Å². The van der Waals surface area contributed by atoms with Gasteiger partial charge in [0.25, 0.3) is 0 Å². The van der Waals surface area contributed by atoms with Gasteiger partial charge in [0.1, 0.15) is 5.54 Å². The van der Waals surface area contributed by atoms with Gasteiger partial charge in [-0.2, -0.15) is 0 Å². The van der Waals surface area contributed by atoms with Gasteiger partial charge in [-0.1, -0.05) is 0 Å². The number of imidazole rings is 1. The Morgan fingerprint density at radius 3 is 3.00 bits per heavy atom. The van der Waals surface area contributed by atoms with Crippen LogP contribution in [0.25, 0.3) is 0 Å². The summed E-state index contributed by atoms with van der Waals surface area (Å²) in [7, 11) is 0. The van der Waals surface area contributed by atoms with Crippen LogP contribution in [0, 0.1) is 0 Å². The number of likely N-dealkylation sites (tertiary alicyclic amines) is 1. The summed E-state index contributed by atoms with van der Waals surface area (Å²) in [5.74, 6) is 0.247. The van der Waals surface area contributed by atoms with Crippen LogP contribution in [0.4, 0.5) is 0 Å². The van der Waals surface area contributed by atoms with Gasteiger partial charge in [-0.05, 0) is 32.2 Å². The molecule has 0 saturated carbocycles. The Labute approximate surface area is 107 Å². The minimum absolute atomic E-state index is 0.209. The summed E-state index contributed by atoms with van der Waals surface area (Å²) < 4.78 is 2.08. The predicted octanol–water partition coefficient (Wildman–Crippen LogP) is 0.628. The monoisotopic (exact) mass is 248 g/mol. The molecule has 1 unspecified atom stereocenters. The molecule has 1 spiro atoms. The van der Waals surface area contributed by atoms with Crippen LogP contribution in [0.3, 0.4) is 0 Å².